The molecular formula is C20H16Cl2N4O4. The van der Waals surface area contributed by atoms with Crippen LogP contribution in [0, 0.1) is 10.1 Å². The van der Waals surface area contributed by atoms with Crippen molar-refractivity contribution in [2.24, 2.45) is 5.10 Å². The molecule has 30 heavy (non-hydrogen) atoms. The monoisotopic (exact) mass is 446 g/mol. The second-order valence-electron chi connectivity index (χ2n) is 5.96. The molecule has 0 unspecified atom stereocenters. The fraction of sp³-hybridized carbons (Fsp3) is 0.100. The van der Waals surface area contributed by atoms with E-state index in [0.717, 1.165) is 17.3 Å². The Balaban J connectivity index is 1.68. The molecule has 0 fully saturated rings. The minimum atomic E-state index is -0.518. The van der Waals surface area contributed by atoms with Gasteiger partial charge in [-0.05, 0) is 42.0 Å². The van der Waals surface area contributed by atoms with E-state index < -0.39 is 4.92 Å². The predicted octanol–water partition coefficient (Wildman–Crippen LogP) is 5.33. The zero-order valence-electron chi connectivity index (χ0n) is 15.7. The standard InChI is InChI=1S/C20H16Cl2N4O4/c1-29-18-6-2-13(10-24-25-20-7-5-16(11-23-20)26(27)28)8-19(18)30-12-14-3-4-15(21)9-17(14)22/h2-11H,12H2,1H3,(H,23,25)/b24-10-. The van der Waals surface area contributed by atoms with E-state index in [2.05, 4.69) is 15.5 Å². The largest absolute Gasteiger partial charge is 0.493 e. The van der Waals surface area contributed by atoms with Gasteiger partial charge in [-0.3, -0.25) is 15.5 Å². The fourth-order valence-corrected chi connectivity index (χ4v) is 2.88. The Morgan fingerprint density at radius 1 is 1.17 bits per heavy atom. The average Bonchev–Trinajstić information content (AvgIpc) is 2.73. The van der Waals surface area contributed by atoms with E-state index in [1.807, 2.05) is 0 Å². The van der Waals surface area contributed by atoms with Gasteiger partial charge in [-0.2, -0.15) is 5.10 Å². The van der Waals surface area contributed by atoms with E-state index in [1.165, 1.54) is 12.1 Å². The molecule has 1 N–H and O–H groups in total. The summed E-state index contributed by atoms with van der Waals surface area (Å²) in [4.78, 5) is 14.1. The van der Waals surface area contributed by atoms with Gasteiger partial charge in [-0.1, -0.05) is 29.3 Å². The number of aromatic nitrogens is 1. The molecule has 0 aliphatic rings. The molecule has 0 spiro atoms. The molecule has 154 valence electrons. The second-order valence-corrected chi connectivity index (χ2v) is 6.81. The van der Waals surface area contributed by atoms with Gasteiger partial charge in [0.25, 0.3) is 5.69 Å². The van der Waals surface area contributed by atoms with E-state index in [9.17, 15) is 10.1 Å². The maximum atomic E-state index is 10.7. The van der Waals surface area contributed by atoms with Crippen LogP contribution >= 0.6 is 23.2 Å². The average molecular weight is 447 g/mol. The normalized spacial score (nSPS) is 10.8. The number of nitro groups is 1. The number of methoxy groups -OCH3 is 1. The zero-order chi connectivity index (χ0) is 21.5. The molecule has 3 rings (SSSR count). The molecule has 0 atom stereocenters. The van der Waals surface area contributed by atoms with E-state index in [4.69, 9.17) is 32.7 Å². The number of nitrogens with one attached hydrogen (secondary N) is 1. The number of pyridine rings is 1. The third kappa shape index (κ3) is 5.59. The molecule has 0 amide bonds. The summed E-state index contributed by atoms with van der Waals surface area (Å²) in [5.74, 6) is 1.45. The highest BCUT2D eigenvalue weighted by atomic mass is 35.5. The molecule has 0 aliphatic heterocycles. The van der Waals surface area contributed by atoms with Gasteiger partial charge in [-0.15, -0.1) is 0 Å². The number of halogens is 2. The molecule has 8 nitrogen and oxygen atoms in total. The summed E-state index contributed by atoms with van der Waals surface area (Å²) in [6.45, 7) is 0.234. The summed E-state index contributed by atoms with van der Waals surface area (Å²) < 4.78 is 11.2. The molecule has 0 bridgehead atoms. The number of anilines is 1. The molecular weight excluding hydrogens is 431 g/mol. The van der Waals surface area contributed by atoms with Crippen LogP contribution in [0.5, 0.6) is 11.5 Å². The zero-order valence-corrected chi connectivity index (χ0v) is 17.2. The van der Waals surface area contributed by atoms with Crippen LogP contribution < -0.4 is 14.9 Å². The topological polar surface area (TPSA) is 98.9 Å². The van der Waals surface area contributed by atoms with Gasteiger partial charge in [0.15, 0.2) is 11.5 Å². The molecule has 0 radical (unpaired) electrons. The highest BCUT2D eigenvalue weighted by Gasteiger charge is 2.08. The summed E-state index contributed by atoms with van der Waals surface area (Å²) in [5.41, 5.74) is 4.14. The van der Waals surface area contributed by atoms with Crippen LogP contribution in [0.1, 0.15) is 11.1 Å². The molecule has 0 saturated carbocycles. The van der Waals surface area contributed by atoms with Gasteiger partial charge in [0, 0.05) is 21.7 Å². The molecule has 1 heterocycles. The van der Waals surface area contributed by atoms with Gasteiger partial charge < -0.3 is 9.47 Å². The van der Waals surface area contributed by atoms with Crippen molar-refractivity contribution in [3.8, 4) is 11.5 Å². The number of benzene rings is 2. The van der Waals surface area contributed by atoms with Crippen molar-refractivity contribution in [2.45, 2.75) is 6.61 Å². The van der Waals surface area contributed by atoms with Crippen LogP contribution in [0.15, 0.2) is 59.8 Å². The van der Waals surface area contributed by atoms with Crippen molar-refractivity contribution in [2.75, 3.05) is 12.5 Å². The van der Waals surface area contributed by atoms with E-state index in [0.29, 0.717) is 27.4 Å². The molecule has 3 aromatic rings. The Kier molecular flexibility index (Phi) is 7.05. The number of hydrogen-bond acceptors (Lipinski definition) is 7. The first kappa shape index (κ1) is 21.4. The SMILES string of the molecule is COc1ccc(/C=N\Nc2ccc([N+](=O)[O-])cn2)cc1OCc1ccc(Cl)cc1Cl. The van der Waals surface area contributed by atoms with Crippen molar-refractivity contribution in [1.82, 2.24) is 4.98 Å². The lowest BCUT2D eigenvalue weighted by Crippen LogP contribution is -2.00. The maximum Gasteiger partial charge on any atom is 0.287 e. The lowest BCUT2D eigenvalue weighted by Gasteiger charge is -2.12. The number of nitrogens with zero attached hydrogens (tertiary/aromatic N) is 3. The summed E-state index contributed by atoms with van der Waals surface area (Å²) in [5, 5.41) is 15.8. The molecule has 0 saturated heterocycles. The highest BCUT2D eigenvalue weighted by Crippen LogP contribution is 2.30. The van der Waals surface area contributed by atoms with E-state index in [-0.39, 0.29) is 12.3 Å². The molecule has 10 heteroatoms. The number of hydrazone groups is 1. The lowest BCUT2D eigenvalue weighted by atomic mass is 10.2. The highest BCUT2D eigenvalue weighted by molar-refractivity contribution is 6.35. The predicted molar refractivity (Wildman–Crippen MR) is 116 cm³/mol. The first-order valence-corrected chi connectivity index (χ1v) is 9.36. The van der Waals surface area contributed by atoms with Gasteiger partial charge >= 0.3 is 0 Å². The van der Waals surface area contributed by atoms with Crippen molar-refractivity contribution in [3.63, 3.8) is 0 Å². The van der Waals surface area contributed by atoms with Gasteiger partial charge in [0.1, 0.15) is 18.6 Å². The maximum absolute atomic E-state index is 10.7. The first-order valence-electron chi connectivity index (χ1n) is 8.60. The Morgan fingerprint density at radius 2 is 2.00 bits per heavy atom. The van der Waals surface area contributed by atoms with Crippen LogP contribution in [0.3, 0.4) is 0 Å². The van der Waals surface area contributed by atoms with Crippen molar-refractivity contribution < 1.29 is 14.4 Å². The van der Waals surface area contributed by atoms with Crippen LogP contribution in [0.2, 0.25) is 10.0 Å². The Morgan fingerprint density at radius 3 is 2.67 bits per heavy atom. The Bertz CT molecular complexity index is 1070. The second kappa shape index (κ2) is 9.91. The number of ether oxygens (including phenoxy) is 2. The van der Waals surface area contributed by atoms with Crippen molar-refractivity contribution in [3.05, 3.63) is 86.0 Å². The smallest absolute Gasteiger partial charge is 0.287 e. The molecule has 0 aliphatic carbocycles. The van der Waals surface area contributed by atoms with Gasteiger partial charge in [0.2, 0.25) is 0 Å². The first-order chi connectivity index (χ1) is 14.5. The molecule has 2 aromatic carbocycles. The van der Waals surface area contributed by atoms with Crippen molar-refractivity contribution in [1.29, 1.82) is 0 Å². The fourth-order valence-electron chi connectivity index (χ4n) is 2.41. The van der Waals surface area contributed by atoms with Crippen LogP contribution in [-0.4, -0.2) is 23.2 Å². The van der Waals surface area contributed by atoms with Gasteiger partial charge in [-0.25, -0.2) is 4.98 Å². The third-order valence-electron chi connectivity index (χ3n) is 3.94. The third-order valence-corrected chi connectivity index (χ3v) is 4.52. The minimum absolute atomic E-state index is 0.0951. The van der Waals surface area contributed by atoms with E-state index >= 15 is 0 Å². The summed E-state index contributed by atoms with van der Waals surface area (Å²) in [6.07, 6.45) is 2.71. The Hall–Kier alpha value is -3.36. The van der Waals surface area contributed by atoms with Gasteiger partial charge in [0.05, 0.1) is 18.2 Å². The summed E-state index contributed by atoms with van der Waals surface area (Å²) in [6, 6.07) is 13.3. The minimum Gasteiger partial charge on any atom is -0.493 e. The van der Waals surface area contributed by atoms with Crippen molar-refractivity contribution >= 4 is 40.9 Å². The van der Waals surface area contributed by atoms with E-state index in [1.54, 1.807) is 49.7 Å². The van der Waals surface area contributed by atoms with Crippen LogP contribution in [0.4, 0.5) is 11.5 Å². The number of hydrogen-bond donors (Lipinski definition) is 1. The number of rotatable bonds is 8. The van der Waals surface area contributed by atoms with Crippen LogP contribution in [-0.2, 0) is 6.61 Å². The quantitative estimate of drug-likeness (QED) is 0.285. The Labute approximate surface area is 182 Å². The van der Waals surface area contributed by atoms with Crippen LogP contribution in [0.25, 0.3) is 0 Å². The summed E-state index contributed by atoms with van der Waals surface area (Å²) in [7, 11) is 1.55. The summed E-state index contributed by atoms with van der Waals surface area (Å²) >= 11 is 12.1. The lowest BCUT2D eigenvalue weighted by molar-refractivity contribution is -0.385. The molecule has 1 aromatic heterocycles.